The number of nitrogens with zero attached hydrogens (tertiary/aromatic N) is 1. The first kappa shape index (κ1) is 15.0. The highest BCUT2D eigenvalue weighted by molar-refractivity contribution is 4.82. The van der Waals surface area contributed by atoms with E-state index in [9.17, 15) is 0 Å². The minimum Gasteiger partial charge on any atom is -0.317 e. The van der Waals surface area contributed by atoms with E-state index >= 15 is 0 Å². The first-order valence-electron chi connectivity index (χ1n) is 7.58. The fourth-order valence-electron chi connectivity index (χ4n) is 3.03. The van der Waals surface area contributed by atoms with E-state index < -0.39 is 0 Å². The number of hydrogen-bond donors (Lipinski definition) is 1. The molecule has 2 heteroatoms. The molecule has 1 N–H and O–H groups in total. The Hall–Kier alpha value is -0.0800. The van der Waals surface area contributed by atoms with Gasteiger partial charge in [0.1, 0.15) is 0 Å². The lowest BCUT2D eigenvalue weighted by molar-refractivity contribution is 0.129. The first-order valence-corrected chi connectivity index (χ1v) is 7.58. The maximum absolute atomic E-state index is 3.42. The van der Waals surface area contributed by atoms with Crippen LogP contribution < -0.4 is 5.32 Å². The molecule has 0 spiro atoms. The zero-order valence-electron chi connectivity index (χ0n) is 12.3. The predicted molar refractivity (Wildman–Crippen MR) is 76.5 cm³/mol. The highest BCUT2D eigenvalue weighted by atomic mass is 15.2. The minimum absolute atomic E-state index is 0.762. The minimum atomic E-state index is 0.762. The van der Waals surface area contributed by atoms with Gasteiger partial charge in [0.25, 0.3) is 0 Å². The van der Waals surface area contributed by atoms with Gasteiger partial charge in [-0.2, -0.15) is 0 Å². The Bertz CT molecular complexity index is 185. The largest absolute Gasteiger partial charge is 0.317 e. The third-order valence-corrected chi connectivity index (χ3v) is 4.60. The second-order valence-corrected chi connectivity index (χ2v) is 5.80. The van der Waals surface area contributed by atoms with Crippen molar-refractivity contribution in [2.75, 3.05) is 14.1 Å². The molecule has 1 unspecified atom stereocenters. The number of hydrogen-bond acceptors (Lipinski definition) is 2. The SMILES string of the molecule is CCCCCC(C)N(C)C1CCC(NC)CC1. The Labute approximate surface area is 108 Å². The van der Waals surface area contributed by atoms with Crippen LogP contribution in [0.3, 0.4) is 0 Å². The molecule has 0 aromatic heterocycles. The topological polar surface area (TPSA) is 15.3 Å². The third-order valence-electron chi connectivity index (χ3n) is 4.60. The summed E-state index contributed by atoms with van der Waals surface area (Å²) in [5, 5.41) is 3.42. The molecule has 2 nitrogen and oxygen atoms in total. The smallest absolute Gasteiger partial charge is 0.00961 e. The van der Waals surface area contributed by atoms with E-state index in [1.54, 1.807) is 0 Å². The molecule has 0 heterocycles. The summed E-state index contributed by atoms with van der Waals surface area (Å²) in [4.78, 5) is 2.64. The van der Waals surface area contributed by atoms with Gasteiger partial charge in [0.05, 0.1) is 0 Å². The van der Waals surface area contributed by atoms with Crippen LogP contribution in [0.1, 0.15) is 65.2 Å². The molecular weight excluding hydrogens is 208 g/mol. The monoisotopic (exact) mass is 240 g/mol. The van der Waals surface area contributed by atoms with Crippen molar-refractivity contribution in [2.24, 2.45) is 0 Å². The maximum atomic E-state index is 3.42. The summed E-state index contributed by atoms with van der Waals surface area (Å²) in [6.45, 7) is 4.69. The van der Waals surface area contributed by atoms with Crippen LogP contribution in [0.5, 0.6) is 0 Å². The summed E-state index contributed by atoms with van der Waals surface area (Å²) in [6.07, 6.45) is 11.0. The molecule has 0 amide bonds. The molecule has 1 aliphatic rings. The summed E-state index contributed by atoms with van der Waals surface area (Å²) in [6, 6.07) is 2.36. The zero-order chi connectivity index (χ0) is 12.7. The molecule has 0 bridgehead atoms. The maximum Gasteiger partial charge on any atom is 0.00961 e. The van der Waals surface area contributed by atoms with Gasteiger partial charge < -0.3 is 10.2 Å². The Morgan fingerprint density at radius 1 is 1.18 bits per heavy atom. The molecule has 0 aromatic carbocycles. The van der Waals surface area contributed by atoms with Gasteiger partial charge in [-0.3, -0.25) is 0 Å². The molecular formula is C15H32N2. The molecule has 17 heavy (non-hydrogen) atoms. The van der Waals surface area contributed by atoms with Crippen LogP contribution in [0.2, 0.25) is 0 Å². The molecule has 0 aromatic rings. The molecule has 1 aliphatic carbocycles. The lowest BCUT2D eigenvalue weighted by Gasteiger charge is -2.38. The van der Waals surface area contributed by atoms with Gasteiger partial charge in [0.15, 0.2) is 0 Å². The number of nitrogens with one attached hydrogen (secondary N) is 1. The van der Waals surface area contributed by atoms with Crippen molar-refractivity contribution in [1.82, 2.24) is 10.2 Å². The molecule has 0 saturated heterocycles. The van der Waals surface area contributed by atoms with E-state index in [1.807, 2.05) is 0 Å². The van der Waals surface area contributed by atoms with E-state index in [2.05, 4.69) is 38.2 Å². The molecule has 1 saturated carbocycles. The van der Waals surface area contributed by atoms with Crippen molar-refractivity contribution in [3.8, 4) is 0 Å². The van der Waals surface area contributed by atoms with E-state index in [4.69, 9.17) is 0 Å². The Balaban J connectivity index is 2.24. The van der Waals surface area contributed by atoms with Crippen molar-refractivity contribution < 1.29 is 0 Å². The number of unbranched alkanes of at least 4 members (excludes halogenated alkanes) is 2. The molecule has 1 rings (SSSR count). The second kappa shape index (κ2) is 8.10. The summed E-state index contributed by atoms with van der Waals surface area (Å²) in [5.74, 6) is 0. The van der Waals surface area contributed by atoms with Crippen molar-refractivity contribution in [3.63, 3.8) is 0 Å². The lowest BCUT2D eigenvalue weighted by atomic mass is 9.89. The summed E-state index contributed by atoms with van der Waals surface area (Å²) < 4.78 is 0. The predicted octanol–water partition coefficient (Wildman–Crippen LogP) is 3.42. The lowest BCUT2D eigenvalue weighted by Crippen LogP contribution is -2.43. The normalized spacial score (nSPS) is 27.4. The van der Waals surface area contributed by atoms with Crippen LogP contribution in [0.15, 0.2) is 0 Å². The highest BCUT2D eigenvalue weighted by Gasteiger charge is 2.25. The third kappa shape index (κ3) is 4.97. The Kier molecular flexibility index (Phi) is 7.14. The second-order valence-electron chi connectivity index (χ2n) is 5.80. The van der Waals surface area contributed by atoms with Crippen LogP contribution in [-0.2, 0) is 0 Å². The van der Waals surface area contributed by atoms with E-state index in [-0.39, 0.29) is 0 Å². The molecule has 102 valence electrons. The Morgan fingerprint density at radius 3 is 2.35 bits per heavy atom. The van der Waals surface area contributed by atoms with Crippen molar-refractivity contribution in [3.05, 3.63) is 0 Å². The first-order chi connectivity index (χ1) is 8.19. The molecule has 0 aliphatic heterocycles. The standard InChI is InChI=1S/C15H32N2/c1-5-6-7-8-13(2)17(4)15-11-9-14(16-3)10-12-15/h13-16H,5-12H2,1-4H3. The van der Waals surface area contributed by atoms with Gasteiger partial charge in [-0.05, 0) is 53.1 Å². The molecule has 1 atom stereocenters. The average molecular weight is 240 g/mol. The van der Waals surface area contributed by atoms with Gasteiger partial charge in [-0.25, -0.2) is 0 Å². The van der Waals surface area contributed by atoms with Gasteiger partial charge in [-0.15, -0.1) is 0 Å². The summed E-state index contributed by atoms with van der Waals surface area (Å²) >= 11 is 0. The molecule has 1 fully saturated rings. The van der Waals surface area contributed by atoms with Crippen LogP contribution in [-0.4, -0.2) is 37.1 Å². The van der Waals surface area contributed by atoms with E-state index in [1.165, 1.54) is 51.4 Å². The van der Waals surface area contributed by atoms with Gasteiger partial charge >= 0.3 is 0 Å². The fraction of sp³-hybridized carbons (Fsp3) is 1.00. The van der Waals surface area contributed by atoms with Crippen LogP contribution >= 0.6 is 0 Å². The van der Waals surface area contributed by atoms with E-state index in [0.29, 0.717) is 0 Å². The van der Waals surface area contributed by atoms with Crippen LogP contribution in [0.25, 0.3) is 0 Å². The van der Waals surface area contributed by atoms with E-state index in [0.717, 1.165) is 18.1 Å². The fourth-order valence-corrected chi connectivity index (χ4v) is 3.03. The van der Waals surface area contributed by atoms with Crippen LogP contribution in [0, 0.1) is 0 Å². The summed E-state index contributed by atoms with van der Waals surface area (Å²) in [5.41, 5.74) is 0. The van der Waals surface area contributed by atoms with Crippen molar-refractivity contribution in [1.29, 1.82) is 0 Å². The summed E-state index contributed by atoms with van der Waals surface area (Å²) in [7, 11) is 4.43. The average Bonchev–Trinajstić information content (AvgIpc) is 2.38. The number of rotatable bonds is 7. The van der Waals surface area contributed by atoms with Crippen molar-refractivity contribution in [2.45, 2.75) is 83.3 Å². The van der Waals surface area contributed by atoms with Crippen LogP contribution in [0.4, 0.5) is 0 Å². The quantitative estimate of drug-likeness (QED) is 0.686. The highest BCUT2D eigenvalue weighted by Crippen LogP contribution is 2.24. The molecule has 0 radical (unpaired) electrons. The van der Waals surface area contributed by atoms with Gasteiger partial charge in [0.2, 0.25) is 0 Å². The van der Waals surface area contributed by atoms with Gasteiger partial charge in [-0.1, -0.05) is 26.2 Å². The Morgan fingerprint density at radius 2 is 1.82 bits per heavy atom. The zero-order valence-corrected chi connectivity index (χ0v) is 12.3. The van der Waals surface area contributed by atoms with Crippen molar-refractivity contribution >= 4 is 0 Å². The van der Waals surface area contributed by atoms with Gasteiger partial charge in [0, 0.05) is 18.1 Å².